The second-order valence-corrected chi connectivity index (χ2v) is 12.6. The molecule has 1 amide bonds. The van der Waals surface area contributed by atoms with Crippen LogP contribution in [0.15, 0.2) is 59.6 Å². The molecule has 0 spiro atoms. The number of pyridine rings is 3. The fraction of sp³-hybridized carbons (Fsp3) is 0.355. The van der Waals surface area contributed by atoms with Gasteiger partial charge in [-0.25, -0.2) is 18.4 Å². The SMILES string of the molecule is CCO[C@H](C)c1ccc2c(n1)N(c1ccc3cnc(CNC(=O)c4ccc5c(c4)S(=O)(=O)CCOC5)cc3n1)CCC2. The average molecular weight is 588 g/mol. The van der Waals surface area contributed by atoms with Crippen LogP contribution in [-0.2, 0) is 38.9 Å². The summed E-state index contributed by atoms with van der Waals surface area (Å²) in [5.74, 6) is 1.23. The van der Waals surface area contributed by atoms with Crippen LogP contribution in [0, 0.1) is 0 Å². The van der Waals surface area contributed by atoms with Gasteiger partial charge in [0.15, 0.2) is 9.84 Å². The molecule has 3 aromatic heterocycles. The van der Waals surface area contributed by atoms with E-state index in [1.165, 1.54) is 11.6 Å². The minimum atomic E-state index is -3.51. The fourth-order valence-electron chi connectivity index (χ4n) is 5.37. The second kappa shape index (κ2) is 11.7. The molecule has 42 heavy (non-hydrogen) atoms. The molecular formula is C31H33N5O5S. The summed E-state index contributed by atoms with van der Waals surface area (Å²) in [5, 5.41) is 3.75. The first-order valence-electron chi connectivity index (χ1n) is 14.2. The lowest BCUT2D eigenvalue weighted by atomic mass is 10.0. The van der Waals surface area contributed by atoms with Gasteiger partial charge in [-0.15, -0.1) is 0 Å². The predicted molar refractivity (Wildman–Crippen MR) is 158 cm³/mol. The molecule has 5 heterocycles. The van der Waals surface area contributed by atoms with Crippen molar-refractivity contribution < 1.29 is 22.7 Å². The van der Waals surface area contributed by atoms with Crippen molar-refractivity contribution >= 4 is 38.3 Å². The largest absolute Gasteiger partial charge is 0.376 e. The third kappa shape index (κ3) is 5.72. The quantitative estimate of drug-likeness (QED) is 0.334. The zero-order valence-corrected chi connectivity index (χ0v) is 24.5. The average Bonchev–Trinajstić information content (AvgIpc) is 3.16. The van der Waals surface area contributed by atoms with Crippen LogP contribution in [-0.4, -0.2) is 54.8 Å². The predicted octanol–water partition coefficient (Wildman–Crippen LogP) is 4.44. The van der Waals surface area contributed by atoms with Crippen LogP contribution in [0.25, 0.3) is 10.9 Å². The van der Waals surface area contributed by atoms with Gasteiger partial charge in [0.2, 0.25) is 0 Å². The third-order valence-corrected chi connectivity index (χ3v) is 9.39. The molecular weight excluding hydrogens is 554 g/mol. The van der Waals surface area contributed by atoms with E-state index in [2.05, 4.69) is 21.3 Å². The second-order valence-electron chi connectivity index (χ2n) is 10.5. The van der Waals surface area contributed by atoms with Gasteiger partial charge in [-0.2, -0.15) is 0 Å². The van der Waals surface area contributed by atoms with E-state index in [4.69, 9.17) is 19.4 Å². The van der Waals surface area contributed by atoms with Gasteiger partial charge in [0.05, 0.1) is 53.4 Å². The van der Waals surface area contributed by atoms with E-state index in [1.807, 2.05) is 38.1 Å². The number of ether oxygens (including phenoxy) is 2. The van der Waals surface area contributed by atoms with Crippen molar-refractivity contribution in [3.05, 3.63) is 82.8 Å². The first-order chi connectivity index (χ1) is 20.3. The molecule has 10 nitrogen and oxygen atoms in total. The number of hydrogen-bond donors (Lipinski definition) is 1. The Morgan fingerprint density at radius 2 is 1.98 bits per heavy atom. The molecule has 0 bridgehead atoms. The summed E-state index contributed by atoms with van der Waals surface area (Å²) in [6.07, 6.45) is 3.61. The number of carbonyl (C=O) groups excluding carboxylic acids is 1. The van der Waals surface area contributed by atoms with Gasteiger partial charge >= 0.3 is 0 Å². The van der Waals surface area contributed by atoms with Gasteiger partial charge < -0.3 is 19.7 Å². The summed E-state index contributed by atoms with van der Waals surface area (Å²) >= 11 is 0. The van der Waals surface area contributed by atoms with Crippen LogP contribution >= 0.6 is 0 Å². The van der Waals surface area contributed by atoms with E-state index in [-0.39, 0.29) is 48.0 Å². The van der Waals surface area contributed by atoms with Crippen molar-refractivity contribution in [2.24, 2.45) is 0 Å². The number of aromatic nitrogens is 3. The highest BCUT2D eigenvalue weighted by Gasteiger charge is 2.25. The van der Waals surface area contributed by atoms with Crippen molar-refractivity contribution in [3.63, 3.8) is 0 Å². The summed E-state index contributed by atoms with van der Waals surface area (Å²) < 4.78 is 36.4. The summed E-state index contributed by atoms with van der Waals surface area (Å²) in [6, 6.07) is 14.7. The molecule has 0 unspecified atom stereocenters. The molecule has 2 aliphatic heterocycles. The van der Waals surface area contributed by atoms with Crippen LogP contribution in [0.4, 0.5) is 11.6 Å². The first-order valence-corrected chi connectivity index (χ1v) is 15.8. The van der Waals surface area contributed by atoms with Crippen LogP contribution in [0.1, 0.15) is 59.2 Å². The standard InChI is InChI=1S/C31H33N5O5S/c1-3-41-20(2)26-10-8-21-5-4-12-36(30(21)35-26)29-11-9-23-17-32-25(16-27(23)34-29)18-33-31(37)22-6-7-24-19-40-13-14-42(38,39)28(24)15-22/h6-11,15-17,20H,3-5,12-14,18-19H2,1-2H3,(H,33,37)/t20-/m1/s1. The van der Waals surface area contributed by atoms with Gasteiger partial charge in [-0.05, 0) is 74.2 Å². The minimum absolute atomic E-state index is 0.0956. The molecule has 2 aliphatic rings. The topological polar surface area (TPSA) is 124 Å². The van der Waals surface area contributed by atoms with E-state index in [9.17, 15) is 13.2 Å². The summed E-state index contributed by atoms with van der Waals surface area (Å²) in [7, 11) is -3.51. The molecule has 218 valence electrons. The molecule has 0 saturated heterocycles. The Kier molecular flexibility index (Phi) is 7.89. The zero-order chi connectivity index (χ0) is 29.3. The van der Waals surface area contributed by atoms with Gasteiger partial charge in [0.25, 0.3) is 5.91 Å². The number of carbonyl (C=O) groups is 1. The number of nitrogens with one attached hydrogen (secondary N) is 1. The lowest BCUT2D eigenvalue weighted by Crippen LogP contribution is -2.27. The minimum Gasteiger partial charge on any atom is -0.376 e. The Hall–Kier alpha value is -3.93. The van der Waals surface area contributed by atoms with Crippen LogP contribution in [0.5, 0.6) is 0 Å². The number of anilines is 2. The van der Waals surface area contributed by atoms with E-state index in [1.54, 1.807) is 18.3 Å². The van der Waals surface area contributed by atoms with Gasteiger partial charge in [-0.3, -0.25) is 9.78 Å². The number of sulfone groups is 1. The number of benzene rings is 1. The molecule has 0 saturated carbocycles. The highest BCUT2D eigenvalue weighted by Crippen LogP contribution is 2.33. The smallest absolute Gasteiger partial charge is 0.251 e. The summed E-state index contributed by atoms with van der Waals surface area (Å²) in [6.45, 7) is 5.93. The van der Waals surface area contributed by atoms with Crippen molar-refractivity contribution in [2.45, 2.75) is 50.8 Å². The van der Waals surface area contributed by atoms with E-state index in [0.29, 0.717) is 17.9 Å². The number of aryl methyl sites for hydroxylation is 1. The van der Waals surface area contributed by atoms with Gasteiger partial charge in [0.1, 0.15) is 11.6 Å². The fourth-order valence-corrected chi connectivity index (χ4v) is 6.76. The number of nitrogens with zero attached hydrogens (tertiary/aromatic N) is 4. The Labute approximate surface area is 245 Å². The Bertz CT molecular complexity index is 1760. The van der Waals surface area contributed by atoms with E-state index in [0.717, 1.165) is 47.6 Å². The monoisotopic (exact) mass is 587 g/mol. The lowest BCUT2D eigenvalue weighted by molar-refractivity contribution is 0.0734. The van der Waals surface area contributed by atoms with Crippen molar-refractivity contribution in [1.29, 1.82) is 0 Å². The first kappa shape index (κ1) is 28.2. The lowest BCUT2D eigenvalue weighted by Gasteiger charge is -2.30. The Morgan fingerprint density at radius 3 is 2.83 bits per heavy atom. The van der Waals surface area contributed by atoms with Crippen molar-refractivity contribution in [3.8, 4) is 0 Å². The number of fused-ring (bicyclic) bond motifs is 3. The maximum Gasteiger partial charge on any atom is 0.251 e. The third-order valence-electron chi connectivity index (χ3n) is 7.63. The van der Waals surface area contributed by atoms with Gasteiger partial charge in [0, 0.05) is 30.3 Å². The molecule has 11 heteroatoms. The van der Waals surface area contributed by atoms with Crippen LogP contribution < -0.4 is 10.2 Å². The van der Waals surface area contributed by atoms with Crippen LogP contribution in [0.2, 0.25) is 0 Å². The van der Waals surface area contributed by atoms with Gasteiger partial charge in [-0.1, -0.05) is 12.1 Å². The molecule has 4 aromatic rings. The maximum absolute atomic E-state index is 13.0. The molecule has 0 fully saturated rings. The highest BCUT2D eigenvalue weighted by molar-refractivity contribution is 7.91. The molecule has 1 N–H and O–H groups in total. The maximum atomic E-state index is 13.0. The number of hydrogen-bond acceptors (Lipinski definition) is 9. The molecule has 1 atom stereocenters. The molecule has 0 aliphatic carbocycles. The Morgan fingerprint density at radius 1 is 1.12 bits per heavy atom. The van der Waals surface area contributed by atoms with Crippen molar-refractivity contribution in [2.75, 3.05) is 30.4 Å². The molecule has 6 rings (SSSR count). The van der Waals surface area contributed by atoms with Crippen molar-refractivity contribution in [1.82, 2.24) is 20.3 Å². The molecule has 1 aromatic carbocycles. The van der Waals surface area contributed by atoms with E-state index < -0.39 is 9.84 Å². The molecule has 0 radical (unpaired) electrons. The Balaban J connectivity index is 1.22. The summed E-state index contributed by atoms with van der Waals surface area (Å²) in [5.41, 5.74) is 4.32. The normalized spacial score (nSPS) is 16.8. The highest BCUT2D eigenvalue weighted by atomic mass is 32.2. The summed E-state index contributed by atoms with van der Waals surface area (Å²) in [4.78, 5) is 29.7. The zero-order valence-electron chi connectivity index (χ0n) is 23.7. The number of rotatable bonds is 7. The van der Waals surface area contributed by atoms with E-state index >= 15 is 0 Å². The number of amides is 1. The van der Waals surface area contributed by atoms with Crippen LogP contribution in [0.3, 0.4) is 0 Å².